The van der Waals surface area contributed by atoms with Crippen molar-refractivity contribution in [1.82, 2.24) is 15.2 Å². The Hall–Kier alpha value is -0.890. The topological polar surface area (TPSA) is 40.5 Å². The van der Waals surface area contributed by atoms with E-state index in [-0.39, 0.29) is 24.0 Å². The number of aromatic nitrogens is 1. The maximum atomic E-state index is 4.85. The average molecular weight is 472 g/mol. The lowest BCUT2D eigenvalue weighted by Gasteiger charge is -2.33. The van der Waals surface area contributed by atoms with Crippen molar-refractivity contribution in [2.75, 3.05) is 26.2 Å². The highest BCUT2D eigenvalue weighted by atomic mass is 127. The lowest BCUT2D eigenvalue weighted by atomic mass is 10.0. The fourth-order valence-electron chi connectivity index (χ4n) is 3.25. The molecule has 0 saturated carbocycles. The number of aryl methyl sites for hydroxylation is 1. The number of benzene rings is 1. The normalized spacial score (nSPS) is 18.2. The van der Waals surface area contributed by atoms with E-state index < -0.39 is 0 Å². The highest BCUT2D eigenvalue weighted by Gasteiger charge is 2.18. The van der Waals surface area contributed by atoms with Crippen LogP contribution in [-0.4, -0.2) is 42.0 Å². The molecule has 0 aliphatic carbocycles. The molecule has 4 nitrogen and oxygen atoms in total. The van der Waals surface area contributed by atoms with Gasteiger partial charge in [-0.15, -0.1) is 35.3 Å². The molecule has 138 valence electrons. The van der Waals surface area contributed by atoms with Crippen LogP contribution in [-0.2, 0) is 6.42 Å². The Bertz CT molecular complexity index is 652. The van der Waals surface area contributed by atoms with Crippen molar-refractivity contribution >= 4 is 51.5 Å². The Morgan fingerprint density at radius 1 is 1.40 bits per heavy atom. The SMILES string of the molecule is CCNC(=NCCCc1nc2ccccc2s1)N1CCCC(C)C1.I. The molecular weight excluding hydrogens is 443 g/mol. The van der Waals surface area contributed by atoms with Crippen molar-refractivity contribution in [1.29, 1.82) is 0 Å². The van der Waals surface area contributed by atoms with Gasteiger partial charge in [-0.25, -0.2) is 4.98 Å². The van der Waals surface area contributed by atoms with Crippen molar-refractivity contribution in [2.24, 2.45) is 10.9 Å². The first kappa shape index (κ1) is 20.4. The van der Waals surface area contributed by atoms with Gasteiger partial charge in [-0.1, -0.05) is 19.1 Å². The molecule has 3 rings (SSSR count). The zero-order valence-corrected chi connectivity index (χ0v) is 18.3. The summed E-state index contributed by atoms with van der Waals surface area (Å²) in [6.07, 6.45) is 4.68. The van der Waals surface area contributed by atoms with Crippen LogP contribution in [0.1, 0.15) is 38.1 Å². The first-order valence-electron chi connectivity index (χ1n) is 9.14. The van der Waals surface area contributed by atoms with Crippen LogP contribution in [0, 0.1) is 5.92 Å². The molecule has 0 bridgehead atoms. The molecule has 2 heterocycles. The van der Waals surface area contributed by atoms with Crippen molar-refractivity contribution in [3.8, 4) is 0 Å². The largest absolute Gasteiger partial charge is 0.357 e. The maximum absolute atomic E-state index is 4.85. The smallest absolute Gasteiger partial charge is 0.193 e. The van der Waals surface area contributed by atoms with Crippen molar-refractivity contribution in [2.45, 2.75) is 39.5 Å². The molecule has 25 heavy (non-hydrogen) atoms. The molecule has 1 aromatic carbocycles. The fourth-order valence-corrected chi connectivity index (χ4v) is 4.26. The van der Waals surface area contributed by atoms with Crippen LogP contribution in [0.15, 0.2) is 29.3 Å². The molecule has 1 fully saturated rings. The summed E-state index contributed by atoms with van der Waals surface area (Å²) < 4.78 is 1.28. The van der Waals surface area contributed by atoms with Crippen LogP contribution in [0.5, 0.6) is 0 Å². The summed E-state index contributed by atoms with van der Waals surface area (Å²) >= 11 is 1.81. The van der Waals surface area contributed by atoms with Crippen LogP contribution in [0.25, 0.3) is 10.2 Å². The van der Waals surface area contributed by atoms with Gasteiger partial charge in [-0.05, 0) is 44.2 Å². The van der Waals surface area contributed by atoms with Crippen LogP contribution >= 0.6 is 35.3 Å². The zero-order valence-electron chi connectivity index (χ0n) is 15.2. The summed E-state index contributed by atoms with van der Waals surface area (Å²) in [5.74, 6) is 1.86. The third-order valence-electron chi connectivity index (χ3n) is 4.44. The van der Waals surface area contributed by atoms with Crippen LogP contribution in [0.4, 0.5) is 0 Å². The van der Waals surface area contributed by atoms with Gasteiger partial charge < -0.3 is 10.2 Å². The number of nitrogens with one attached hydrogen (secondary N) is 1. The third-order valence-corrected chi connectivity index (χ3v) is 5.54. The highest BCUT2D eigenvalue weighted by Crippen LogP contribution is 2.22. The van der Waals surface area contributed by atoms with E-state index in [9.17, 15) is 0 Å². The predicted molar refractivity (Wildman–Crippen MR) is 119 cm³/mol. The lowest BCUT2D eigenvalue weighted by Crippen LogP contribution is -2.46. The first-order chi connectivity index (χ1) is 11.8. The summed E-state index contributed by atoms with van der Waals surface area (Å²) in [5, 5.41) is 4.68. The molecule has 1 aromatic heterocycles. The molecule has 1 N–H and O–H groups in total. The molecule has 0 radical (unpaired) electrons. The number of thiazole rings is 1. The number of hydrogen-bond acceptors (Lipinski definition) is 3. The van der Waals surface area contributed by atoms with Crippen molar-refractivity contribution in [3.63, 3.8) is 0 Å². The molecule has 1 aliphatic heterocycles. The first-order valence-corrected chi connectivity index (χ1v) is 9.95. The highest BCUT2D eigenvalue weighted by molar-refractivity contribution is 14.0. The number of rotatable bonds is 5. The van der Waals surface area contributed by atoms with Gasteiger partial charge >= 0.3 is 0 Å². The number of para-hydroxylation sites is 1. The van der Waals surface area contributed by atoms with E-state index in [1.54, 1.807) is 0 Å². The molecule has 0 spiro atoms. The van der Waals surface area contributed by atoms with Crippen LogP contribution in [0.3, 0.4) is 0 Å². The Balaban J connectivity index is 0.00000225. The van der Waals surface area contributed by atoms with Gasteiger partial charge in [0, 0.05) is 32.6 Å². The third kappa shape index (κ3) is 5.81. The summed E-state index contributed by atoms with van der Waals surface area (Å²) in [4.78, 5) is 12.0. The minimum atomic E-state index is 0. The molecule has 1 saturated heterocycles. The molecule has 1 atom stereocenters. The molecule has 6 heteroatoms. The molecule has 1 aliphatic rings. The standard InChI is InChI=1S/C19H28N4S.HI/c1-3-20-19(23-13-7-8-15(2)14-23)21-12-6-11-18-22-16-9-4-5-10-17(16)24-18;/h4-5,9-10,15H,3,6-8,11-14H2,1-2H3,(H,20,21);1H. The van der Waals surface area contributed by atoms with Gasteiger partial charge in [0.1, 0.15) is 0 Å². The van der Waals surface area contributed by atoms with Crippen molar-refractivity contribution in [3.05, 3.63) is 29.3 Å². The van der Waals surface area contributed by atoms with E-state index in [4.69, 9.17) is 9.98 Å². The number of hydrogen-bond donors (Lipinski definition) is 1. The number of aliphatic imine (C=N–C) groups is 1. The monoisotopic (exact) mass is 472 g/mol. The second-order valence-corrected chi connectivity index (χ2v) is 7.72. The van der Waals surface area contributed by atoms with Gasteiger partial charge in [0.2, 0.25) is 0 Å². The van der Waals surface area contributed by atoms with Gasteiger partial charge in [0.15, 0.2) is 5.96 Å². The number of nitrogens with zero attached hydrogens (tertiary/aromatic N) is 3. The van der Waals surface area contributed by atoms with E-state index in [0.29, 0.717) is 0 Å². The molecule has 0 amide bonds. The number of piperidine rings is 1. The van der Waals surface area contributed by atoms with Gasteiger partial charge in [0.25, 0.3) is 0 Å². The zero-order chi connectivity index (χ0) is 16.8. The van der Waals surface area contributed by atoms with E-state index in [1.807, 2.05) is 11.3 Å². The summed E-state index contributed by atoms with van der Waals surface area (Å²) in [6, 6.07) is 8.37. The number of guanidine groups is 1. The quantitative estimate of drug-likeness (QED) is 0.301. The fraction of sp³-hybridized carbons (Fsp3) is 0.579. The number of halogens is 1. The minimum absolute atomic E-state index is 0. The van der Waals surface area contributed by atoms with Gasteiger partial charge in [-0.3, -0.25) is 4.99 Å². The Morgan fingerprint density at radius 2 is 2.24 bits per heavy atom. The summed E-state index contributed by atoms with van der Waals surface area (Å²) in [7, 11) is 0. The van der Waals surface area contributed by atoms with E-state index in [2.05, 4.69) is 48.3 Å². The predicted octanol–water partition coefficient (Wildman–Crippen LogP) is 4.54. The van der Waals surface area contributed by atoms with E-state index >= 15 is 0 Å². The maximum Gasteiger partial charge on any atom is 0.193 e. The second kappa shape index (κ2) is 10.3. The number of fused-ring (bicyclic) bond motifs is 1. The molecule has 1 unspecified atom stereocenters. The second-order valence-electron chi connectivity index (χ2n) is 6.61. The summed E-state index contributed by atoms with van der Waals surface area (Å²) in [5.41, 5.74) is 1.12. The molecular formula is C19H29IN4S. The number of likely N-dealkylation sites (tertiary alicyclic amines) is 1. The van der Waals surface area contributed by atoms with E-state index in [1.165, 1.54) is 22.5 Å². The van der Waals surface area contributed by atoms with Crippen LogP contribution in [0.2, 0.25) is 0 Å². The minimum Gasteiger partial charge on any atom is -0.357 e. The van der Waals surface area contributed by atoms with E-state index in [0.717, 1.165) is 56.4 Å². The van der Waals surface area contributed by atoms with Gasteiger partial charge in [0.05, 0.1) is 15.2 Å². The Labute approximate surface area is 172 Å². The molecule has 2 aromatic rings. The van der Waals surface area contributed by atoms with Crippen LogP contribution < -0.4 is 5.32 Å². The van der Waals surface area contributed by atoms with Crippen molar-refractivity contribution < 1.29 is 0 Å². The summed E-state index contributed by atoms with van der Waals surface area (Å²) in [6.45, 7) is 8.54. The Morgan fingerprint density at radius 3 is 3.00 bits per heavy atom. The lowest BCUT2D eigenvalue weighted by molar-refractivity contribution is 0.266. The average Bonchev–Trinajstić information content (AvgIpc) is 3.00. The Kier molecular flexibility index (Phi) is 8.42. The van der Waals surface area contributed by atoms with Gasteiger partial charge in [-0.2, -0.15) is 0 Å².